The Balaban J connectivity index is 2.42. The van der Waals surface area contributed by atoms with Crippen molar-refractivity contribution in [1.82, 2.24) is 19.8 Å². The summed E-state index contributed by atoms with van der Waals surface area (Å²) in [5.41, 5.74) is 0.647. The fraction of sp³-hybridized carbons (Fsp3) is 0.143. The molecule has 0 aliphatic heterocycles. The van der Waals surface area contributed by atoms with Crippen molar-refractivity contribution in [3.8, 4) is 0 Å². The van der Waals surface area contributed by atoms with E-state index in [1.807, 2.05) is 0 Å². The summed E-state index contributed by atoms with van der Waals surface area (Å²) in [6, 6.07) is 3.40. The second-order valence-corrected chi connectivity index (χ2v) is 2.53. The summed E-state index contributed by atoms with van der Waals surface area (Å²) >= 11 is 0. The van der Waals surface area contributed by atoms with Gasteiger partial charge in [-0.1, -0.05) is 0 Å². The molecule has 0 fully saturated rings. The number of nitrogens with zero attached hydrogens (tertiary/aromatic N) is 4. The molecule has 13 heavy (non-hydrogen) atoms. The number of rotatable bonds is 1. The monoisotopic (exact) mass is 177 g/mol. The molecule has 2 aromatic heterocycles. The van der Waals surface area contributed by atoms with E-state index >= 15 is 0 Å². The first-order valence-corrected chi connectivity index (χ1v) is 3.70. The normalized spacial score (nSPS) is 10.2. The molecule has 0 saturated carbocycles. The molecule has 0 atom stereocenters. The zero-order chi connectivity index (χ0) is 9.26. The first-order valence-electron chi connectivity index (χ1n) is 3.70. The smallest absolute Gasteiger partial charge is 0.222 e. The van der Waals surface area contributed by atoms with Crippen LogP contribution in [-0.4, -0.2) is 25.7 Å². The van der Waals surface area contributed by atoms with Crippen molar-refractivity contribution in [2.45, 2.75) is 6.92 Å². The average molecular weight is 177 g/mol. The highest BCUT2D eigenvalue weighted by Gasteiger charge is 1.99. The molecule has 0 unspecified atom stereocenters. The van der Waals surface area contributed by atoms with E-state index in [9.17, 15) is 4.79 Å². The summed E-state index contributed by atoms with van der Waals surface area (Å²) in [6.07, 6.45) is 1.47. The van der Waals surface area contributed by atoms with Crippen molar-refractivity contribution in [3.63, 3.8) is 0 Å². The van der Waals surface area contributed by atoms with Crippen molar-refractivity contribution in [3.05, 3.63) is 18.5 Å². The Bertz CT molecular complexity index is 449. The van der Waals surface area contributed by atoms with E-state index in [0.717, 1.165) is 0 Å². The quantitative estimate of drug-likeness (QED) is 0.669. The van der Waals surface area contributed by atoms with Crippen molar-refractivity contribution in [1.29, 1.82) is 0 Å². The van der Waals surface area contributed by atoms with Gasteiger partial charge in [-0.2, -0.15) is 4.52 Å². The molecule has 0 bridgehead atoms. The van der Waals surface area contributed by atoms with Gasteiger partial charge in [-0.05, 0) is 12.1 Å². The van der Waals surface area contributed by atoms with Gasteiger partial charge < -0.3 is 5.32 Å². The largest absolute Gasteiger partial charge is 0.309 e. The topological polar surface area (TPSA) is 72.2 Å². The zero-order valence-electron chi connectivity index (χ0n) is 6.93. The van der Waals surface area contributed by atoms with Gasteiger partial charge in [0.25, 0.3) is 0 Å². The van der Waals surface area contributed by atoms with Crippen LogP contribution >= 0.6 is 0 Å². The van der Waals surface area contributed by atoms with Crippen molar-refractivity contribution < 1.29 is 4.79 Å². The number of hydrogen-bond acceptors (Lipinski definition) is 4. The Kier molecular flexibility index (Phi) is 1.66. The van der Waals surface area contributed by atoms with E-state index < -0.39 is 0 Å². The zero-order valence-corrected chi connectivity index (χ0v) is 6.93. The van der Waals surface area contributed by atoms with E-state index in [-0.39, 0.29) is 5.91 Å². The summed E-state index contributed by atoms with van der Waals surface area (Å²) < 4.78 is 1.49. The van der Waals surface area contributed by atoms with Crippen LogP contribution < -0.4 is 5.32 Å². The predicted octanol–water partition coefficient (Wildman–Crippen LogP) is 0.0827. The molecule has 0 aliphatic carbocycles. The number of fused-ring (bicyclic) bond motifs is 1. The van der Waals surface area contributed by atoms with Crippen LogP contribution in [0.4, 0.5) is 5.82 Å². The lowest BCUT2D eigenvalue weighted by molar-refractivity contribution is -0.114. The standard InChI is InChI=1S/C7H7N5O/c1-5(13)9-6-2-3-7-10-8-4-12(7)11-6/h2-4H,1H3,(H,9,11,13). The maximum Gasteiger partial charge on any atom is 0.222 e. The Labute approximate surface area is 73.6 Å². The molecule has 2 aromatic rings. The Morgan fingerprint density at radius 1 is 1.54 bits per heavy atom. The van der Waals surface area contributed by atoms with E-state index in [4.69, 9.17) is 0 Å². The second kappa shape index (κ2) is 2.81. The minimum atomic E-state index is -0.153. The summed E-state index contributed by atoms with van der Waals surface area (Å²) in [4.78, 5) is 10.7. The van der Waals surface area contributed by atoms with E-state index in [1.54, 1.807) is 12.1 Å². The van der Waals surface area contributed by atoms with Gasteiger partial charge in [0, 0.05) is 6.92 Å². The van der Waals surface area contributed by atoms with Crippen LogP contribution in [0.3, 0.4) is 0 Å². The van der Waals surface area contributed by atoms with Gasteiger partial charge in [-0.25, -0.2) is 0 Å². The molecule has 0 saturated heterocycles. The van der Waals surface area contributed by atoms with Crippen LogP contribution in [0.1, 0.15) is 6.92 Å². The molecule has 6 heteroatoms. The van der Waals surface area contributed by atoms with Crippen LogP contribution in [0.2, 0.25) is 0 Å². The number of hydrogen-bond donors (Lipinski definition) is 1. The van der Waals surface area contributed by atoms with Gasteiger partial charge in [-0.15, -0.1) is 15.3 Å². The van der Waals surface area contributed by atoms with Crippen LogP contribution in [0.15, 0.2) is 18.5 Å². The lowest BCUT2D eigenvalue weighted by atomic mass is 10.5. The van der Waals surface area contributed by atoms with Crippen LogP contribution in [-0.2, 0) is 4.79 Å². The highest BCUT2D eigenvalue weighted by atomic mass is 16.1. The Morgan fingerprint density at radius 3 is 3.15 bits per heavy atom. The number of carbonyl (C=O) groups excluding carboxylic acids is 1. The maximum atomic E-state index is 10.7. The molecule has 66 valence electrons. The minimum absolute atomic E-state index is 0.153. The summed E-state index contributed by atoms with van der Waals surface area (Å²) in [5, 5.41) is 14.0. The molecule has 0 spiro atoms. The fourth-order valence-corrected chi connectivity index (χ4v) is 0.976. The Morgan fingerprint density at radius 2 is 2.38 bits per heavy atom. The van der Waals surface area contributed by atoms with Gasteiger partial charge in [0.1, 0.15) is 6.33 Å². The highest BCUT2D eigenvalue weighted by molar-refractivity contribution is 5.87. The highest BCUT2D eigenvalue weighted by Crippen LogP contribution is 2.03. The van der Waals surface area contributed by atoms with E-state index in [0.29, 0.717) is 11.5 Å². The van der Waals surface area contributed by atoms with Gasteiger partial charge in [0.15, 0.2) is 11.5 Å². The molecule has 1 amide bonds. The average Bonchev–Trinajstić information content (AvgIpc) is 2.49. The predicted molar refractivity (Wildman–Crippen MR) is 45.1 cm³/mol. The molecular weight excluding hydrogens is 170 g/mol. The molecular formula is C7H7N5O. The molecule has 0 aromatic carbocycles. The lowest BCUT2D eigenvalue weighted by Gasteiger charge is -1.99. The molecule has 0 radical (unpaired) electrons. The molecule has 6 nitrogen and oxygen atoms in total. The third-order valence-corrected chi connectivity index (χ3v) is 1.47. The lowest BCUT2D eigenvalue weighted by Crippen LogP contribution is -2.08. The molecule has 2 rings (SSSR count). The summed E-state index contributed by atoms with van der Waals surface area (Å²) in [7, 11) is 0. The van der Waals surface area contributed by atoms with Crippen molar-refractivity contribution >= 4 is 17.4 Å². The first-order chi connectivity index (χ1) is 6.25. The number of nitrogens with one attached hydrogen (secondary N) is 1. The summed E-state index contributed by atoms with van der Waals surface area (Å²) in [5.74, 6) is 0.333. The van der Waals surface area contributed by atoms with E-state index in [2.05, 4.69) is 20.6 Å². The molecule has 2 heterocycles. The van der Waals surface area contributed by atoms with Crippen LogP contribution in [0.25, 0.3) is 5.65 Å². The van der Waals surface area contributed by atoms with Gasteiger partial charge >= 0.3 is 0 Å². The Hall–Kier alpha value is -1.98. The minimum Gasteiger partial charge on any atom is -0.309 e. The van der Waals surface area contributed by atoms with Gasteiger partial charge in [0.2, 0.25) is 5.91 Å². The number of carbonyl (C=O) groups is 1. The molecule has 1 N–H and O–H groups in total. The second-order valence-electron chi connectivity index (χ2n) is 2.53. The van der Waals surface area contributed by atoms with Gasteiger partial charge in [0.05, 0.1) is 0 Å². The maximum absolute atomic E-state index is 10.7. The van der Waals surface area contributed by atoms with Gasteiger partial charge in [-0.3, -0.25) is 4.79 Å². The third-order valence-electron chi connectivity index (χ3n) is 1.47. The first kappa shape index (κ1) is 7.66. The summed E-state index contributed by atoms with van der Waals surface area (Å²) in [6.45, 7) is 1.43. The SMILES string of the molecule is CC(=O)Nc1ccc2nncn2n1. The number of amides is 1. The van der Waals surface area contributed by atoms with E-state index in [1.165, 1.54) is 17.8 Å². The number of anilines is 1. The number of aromatic nitrogens is 4. The van der Waals surface area contributed by atoms with Crippen molar-refractivity contribution in [2.75, 3.05) is 5.32 Å². The third kappa shape index (κ3) is 1.46. The van der Waals surface area contributed by atoms with Crippen LogP contribution in [0.5, 0.6) is 0 Å². The molecule has 0 aliphatic rings. The van der Waals surface area contributed by atoms with Crippen molar-refractivity contribution in [2.24, 2.45) is 0 Å². The fourth-order valence-electron chi connectivity index (χ4n) is 0.976. The van der Waals surface area contributed by atoms with Crippen LogP contribution in [0, 0.1) is 0 Å².